The van der Waals surface area contributed by atoms with Crippen LogP contribution in [0, 0.1) is 6.92 Å². The molecule has 0 atom stereocenters. The van der Waals surface area contributed by atoms with Gasteiger partial charge in [0.1, 0.15) is 5.75 Å². The Morgan fingerprint density at radius 3 is 2.66 bits per heavy atom. The number of hydrogen-bond donors (Lipinski definition) is 1. The van der Waals surface area contributed by atoms with Crippen LogP contribution >= 0.6 is 11.8 Å². The van der Waals surface area contributed by atoms with Crippen LogP contribution < -0.4 is 10.1 Å². The lowest BCUT2D eigenvalue weighted by Gasteiger charge is -2.11. The number of hydrogen-bond acceptors (Lipinski definition) is 5. The Kier molecular flexibility index (Phi) is 7.79. The van der Waals surface area contributed by atoms with Crippen molar-refractivity contribution in [3.8, 4) is 17.1 Å². The topological polar surface area (TPSA) is 69.0 Å². The standard InChI is InChI=1S/C22H23F3N4O2S/c1-3-29-20(17-8-4-6-15(2)10-17)27-28-21(29)32-13-19(30)26-12-16-7-5-9-18(11-16)31-14-22(23,24)25/h4-11H,3,12-14H2,1-2H3,(H,26,30). The van der Waals surface area contributed by atoms with Gasteiger partial charge in [-0.2, -0.15) is 13.2 Å². The van der Waals surface area contributed by atoms with Gasteiger partial charge < -0.3 is 14.6 Å². The minimum Gasteiger partial charge on any atom is -0.484 e. The van der Waals surface area contributed by atoms with Crippen LogP contribution in [0.4, 0.5) is 13.2 Å². The first-order valence-corrected chi connectivity index (χ1v) is 10.9. The second-order valence-electron chi connectivity index (χ2n) is 7.04. The van der Waals surface area contributed by atoms with Gasteiger partial charge in [0.15, 0.2) is 17.6 Å². The molecule has 10 heteroatoms. The molecule has 32 heavy (non-hydrogen) atoms. The third kappa shape index (κ3) is 6.74. The van der Waals surface area contributed by atoms with E-state index in [1.165, 1.54) is 23.9 Å². The van der Waals surface area contributed by atoms with E-state index in [-0.39, 0.29) is 24.0 Å². The zero-order valence-electron chi connectivity index (χ0n) is 17.6. The zero-order valence-corrected chi connectivity index (χ0v) is 18.5. The van der Waals surface area contributed by atoms with Crippen LogP contribution in [-0.2, 0) is 17.9 Å². The quantitative estimate of drug-likeness (QED) is 0.468. The number of aryl methyl sites for hydroxylation is 1. The number of benzene rings is 2. The van der Waals surface area contributed by atoms with Gasteiger partial charge in [-0.3, -0.25) is 4.79 Å². The lowest BCUT2D eigenvalue weighted by atomic mass is 10.1. The molecule has 3 aromatic rings. The fourth-order valence-electron chi connectivity index (χ4n) is 2.97. The fourth-order valence-corrected chi connectivity index (χ4v) is 3.80. The fraction of sp³-hybridized carbons (Fsp3) is 0.318. The van der Waals surface area contributed by atoms with Crippen molar-refractivity contribution in [3.05, 3.63) is 59.7 Å². The van der Waals surface area contributed by atoms with Crippen molar-refractivity contribution in [2.45, 2.75) is 38.3 Å². The number of ether oxygens (including phenoxy) is 1. The molecule has 0 fully saturated rings. The maximum absolute atomic E-state index is 12.3. The van der Waals surface area contributed by atoms with E-state index in [0.29, 0.717) is 17.3 Å². The SMILES string of the molecule is CCn1c(SCC(=O)NCc2cccc(OCC(F)(F)F)c2)nnc1-c1cccc(C)c1. The second-order valence-corrected chi connectivity index (χ2v) is 7.98. The monoisotopic (exact) mass is 464 g/mol. The molecule has 1 amide bonds. The molecule has 0 radical (unpaired) electrons. The molecule has 6 nitrogen and oxygen atoms in total. The van der Waals surface area contributed by atoms with Crippen LogP contribution in [0.15, 0.2) is 53.7 Å². The third-order valence-electron chi connectivity index (χ3n) is 4.43. The Morgan fingerprint density at radius 1 is 1.16 bits per heavy atom. The molecule has 0 aliphatic heterocycles. The molecule has 0 bridgehead atoms. The van der Waals surface area contributed by atoms with Crippen molar-refractivity contribution >= 4 is 17.7 Å². The first-order valence-electron chi connectivity index (χ1n) is 9.93. The van der Waals surface area contributed by atoms with Gasteiger partial charge in [0.2, 0.25) is 5.91 Å². The lowest BCUT2D eigenvalue weighted by molar-refractivity contribution is -0.153. The largest absolute Gasteiger partial charge is 0.484 e. The summed E-state index contributed by atoms with van der Waals surface area (Å²) in [7, 11) is 0. The number of amides is 1. The Bertz CT molecular complexity index is 1070. The number of nitrogens with zero attached hydrogens (tertiary/aromatic N) is 3. The van der Waals surface area contributed by atoms with Gasteiger partial charge in [0, 0.05) is 18.7 Å². The average Bonchev–Trinajstić information content (AvgIpc) is 3.17. The number of thioether (sulfide) groups is 1. The number of aromatic nitrogens is 3. The van der Waals surface area contributed by atoms with E-state index in [1.54, 1.807) is 12.1 Å². The van der Waals surface area contributed by atoms with Gasteiger partial charge in [-0.05, 0) is 37.6 Å². The average molecular weight is 465 g/mol. The Balaban J connectivity index is 1.55. The summed E-state index contributed by atoms with van der Waals surface area (Å²) >= 11 is 1.28. The highest BCUT2D eigenvalue weighted by atomic mass is 32.2. The molecular formula is C22H23F3N4O2S. The van der Waals surface area contributed by atoms with Gasteiger partial charge in [-0.1, -0.05) is 47.7 Å². The van der Waals surface area contributed by atoms with Crippen LogP contribution in [0.1, 0.15) is 18.1 Å². The number of rotatable bonds is 9. The van der Waals surface area contributed by atoms with Crippen molar-refractivity contribution in [2.75, 3.05) is 12.4 Å². The van der Waals surface area contributed by atoms with Gasteiger partial charge in [0.25, 0.3) is 0 Å². The lowest BCUT2D eigenvalue weighted by Crippen LogP contribution is -2.24. The van der Waals surface area contributed by atoms with Crippen molar-refractivity contribution in [1.29, 1.82) is 0 Å². The van der Waals surface area contributed by atoms with E-state index in [0.717, 1.165) is 17.0 Å². The van der Waals surface area contributed by atoms with E-state index in [1.807, 2.05) is 42.7 Å². The van der Waals surface area contributed by atoms with Crippen LogP contribution in [0.3, 0.4) is 0 Å². The van der Waals surface area contributed by atoms with E-state index in [9.17, 15) is 18.0 Å². The summed E-state index contributed by atoms with van der Waals surface area (Å²) < 4.78 is 43.6. The Morgan fingerprint density at radius 2 is 1.94 bits per heavy atom. The number of nitrogens with one attached hydrogen (secondary N) is 1. The van der Waals surface area contributed by atoms with E-state index in [2.05, 4.69) is 15.5 Å². The third-order valence-corrected chi connectivity index (χ3v) is 5.40. The molecule has 0 aliphatic carbocycles. The Labute approximate surface area is 188 Å². The molecule has 170 valence electrons. The van der Waals surface area contributed by atoms with Gasteiger partial charge in [0.05, 0.1) is 5.75 Å². The molecule has 2 aromatic carbocycles. The molecule has 3 rings (SSSR count). The van der Waals surface area contributed by atoms with Crippen molar-refractivity contribution in [1.82, 2.24) is 20.1 Å². The van der Waals surface area contributed by atoms with Gasteiger partial charge in [-0.25, -0.2) is 0 Å². The molecule has 0 saturated carbocycles. The summed E-state index contributed by atoms with van der Waals surface area (Å²) in [4.78, 5) is 12.3. The summed E-state index contributed by atoms with van der Waals surface area (Å²) in [5.74, 6) is 0.758. The molecule has 1 aromatic heterocycles. The van der Waals surface area contributed by atoms with Crippen molar-refractivity contribution < 1.29 is 22.7 Å². The summed E-state index contributed by atoms with van der Waals surface area (Å²) in [5, 5.41) is 11.9. The molecule has 0 aliphatic rings. The predicted molar refractivity (Wildman–Crippen MR) is 116 cm³/mol. The minimum absolute atomic E-state index is 0.100. The first kappa shape index (κ1) is 23.6. The predicted octanol–water partition coefficient (Wildman–Crippen LogP) is 4.62. The highest BCUT2D eigenvalue weighted by molar-refractivity contribution is 7.99. The summed E-state index contributed by atoms with van der Waals surface area (Å²) in [6.07, 6.45) is -4.40. The van der Waals surface area contributed by atoms with E-state index in [4.69, 9.17) is 4.74 Å². The highest BCUT2D eigenvalue weighted by Crippen LogP contribution is 2.24. The summed E-state index contributed by atoms with van der Waals surface area (Å²) in [5.41, 5.74) is 2.72. The normalized spacial score (nSPS) is 11.4. The van der Waals surface area contributed by atoms with Gasteiger partial charge in [-0.15, -0.1) is 10.2 Å². The van der Waals surface area contributed by atoms with Gasteiger partial charge >= 0.3 is 6.18 Å². The minimum atomic E-state index is -4.40. The second kappa shape index (κ2) is 10.5. The van der Waals surface area contributed by atoms with Crippen LogP contribution in [-0.4, -0.2) is 39.2 Å². The Hall–Kier alpha value is -3.01. The van der Waals surface area contributed by atoms with Crippen LogP contribution in [0.5, 0.6) is 5.75 Å². The van der Waals surface area contributed by atoms with E-state index >= 15 is 0 Å². The number of carbonyl (C=O) groups excluding carboxylic acids is 1. The smallest absolute Gasteiger partial charge is 0.422 e. The maximum Gasteiger partial charge on any atom is 0.422 e. The summed E-state index contributed by atoms with van der Waals surface area (Å²) in [6, 6.07) is 14.2. The number of carbonyl (C=O) groups is 1. The molecular weight excluding hydrogens is 441 g/mol. The summed E-state index contributed by atoms with van der Waals surface area (Å²) in [6.45, 7) is 3.47. The van der Waals surface area contributed by atoms with E-state index < -0.39 is 12.8 Å². The highest BCUT2D eigenvalue weighted by Gasteiger charge is 2.28. The van der Waals surface area contributed by atoms with Crippen molar-refractivity contribution in [3.63, 3.8) is 0 Å². The number of halogens is 3. The van der Waals surface area contributed by atoms with Crippen LogP contribution in [0.25, 0.3) is 11.4 Å². The molecule has 0 spiro atoms. The van der Waals surface area contributed by atoms with Crippen LogP contribution in [0.2, 0.25) is 0 Å². The molecule has 1 N–H and O–H groups in total. The first-order chi connectivity index (χ1) is 15.2. The molecule has 0 unspecified atom stereocenters. The number of alkyl halides is 3. The molecule has 0 saturated heterocycles. The maximum atomic E-state index is 12.3. The van der Waals surface area contributed by atoms with Crippen molar-refractivity contribution in [2.24, 2.45) is 0 Å². The molecule has 1 heterocycles. The zero-order chi connectivity index (χ0) is 23.1.